The summed E-state index contributed by atoms with van der Waals surface area (Å²) >= 11 is 0. The Balaban J connectivity index is 1.14. The molecule has 0 radical (unpaired) electrons. The lowest BCUT2D eigenvalue weighted by Gasteiger charge is -2.33. The smallest absolute Gasteiger partial charge is 0.0664 e. The Labute approximate surface area is 384 Å². The Bertz CT molecular complexity index is 3810. The molecule has 0 saturated heterocycles. The number of benzene rings is 12. The molecule has 0 atom stereocenters. The second-order valence-corrected chi connectivity index (χ2v) is 18.9. The predicted molar refractivity (Wildman–Crippen MR) is 283 cm³/mol. The first kappa shape index (κ1) is 35.2. The molecule has 0 amide bonds. The van der Waals surface area contributed by atoms with E-state index in [9.17, 15) is 0 Å². The molecule has 12 aromatic rings. The molecule has 0 aliphatic carbocycles. The van der Waals surface area contributed by atoms with Gasteiger partial charge in [0, 0.05) is 0 Å². The summed E-state index contributed by atoms with van der Waals surface area (Å²) in [5, 5.41) is 8.29. The molecule has 0 saturated carbocycles. The lowest BCUT2D eigenvalue weighted by Crippen LogP contribution is -2.53. The maximum absolute atomic E-state index is 2.65. The normalized spacial score (nSPS) is 13.1. The fourth-order valence-corrected chi connectivity index (χ4v) is 13.2. The average Bonchev–Trinajstić information content (AvgIpc) is 3.91. The van der Waals surface area contributed by atoms with Crippen LogP contribution < -0.4 is 32.8 Å². The van der Waals surface area contributed by atoms with Crippen LogP contribution in [0.1, 0.15) is 0 Å². The molecule has 16 rings (SSSR count). The van der Waals surface area contributed by atoms with E-state index in [1.165, 1.54) is 154 Å². The molecular formula is C64H36B2. The highest BCUT2D eigenvalue weighted by atomic mass is 14.3. The van der Waals surface area contributed by atoms with Crippen LogP contribution in [0, 0.1) is 0 Å². The molecule has 4 heterocycles. The summed E-state index contributed by atoms with van der Waals surface area (Å²) in [7, 11) is 0. The van der Waals surface area contributed by atoms with Gasteiger partial charge in [0.15, 0.2) is 0 Å². The quantitative estimate of drug-likeness (QED) is 0.122. The number of hydrogen-bond acceptors (Lipinski definition) is 0. The predicted octanol–water partition coefficient (Wildman–Crippen LogP) is 12.2. The summed E-state index contributed by atoms with van der Waals surface area (Å²) in [6.45, 7) is 0.235. The molecule has 66 heavy (non-hydrogen) atoms. The van der Waals surface area contributed by atoms with Crippen LogP contribution in [0.25, 0.3) is 121 Å². The van der Waals surface area contributed by atoms with Crippen molar-refractivity contribution in [2.75, 3.05) is 0 Å². The third-order valence-corrected chi connectivity index (χ3v) is 15.8. The van der Waals surface area contributed by atoms with E-state index in [0.29, 0.717) is 0 Å². The Hall–Kier alpha value is -8.19. The Morgan fingerprint density at radius 1 is 0.197 bits per heavy atom. The lowest BCUT2D eigenvalue weighted by atomic mass is 9.34. The summed E-state index contributed by atoms with van der Waals surface area (Å²) in [5.74, 6) is 0. The third-order valence-electron chi connectivity index (χ3n) is 15.8. The Morgan fingerprint density at radius 2 is 0.530 bits per heavy atom. The molecule has 0 aromatic heterocycles. The van der Waals surface area contributed by atoms with Gasteiger partial charge in [-0.3, -0.25) is 0 Å². The van der Waals surface area contributed by atoms with E-state index in [1.54, 1.807) is 0 Å². The van der Waals surface area contributed by atoms with E-state index in [2.05, 4.69) is 218 Å². The minimum absolute atomic E-state index is 0.117. The van der Waals surface area contributed by atoms with E-state index in [0.717, 1.165) is 0 Å². The van der Waals surface area contributed by atoms with Crippen LogP contribution in [-0.4, -0.2) is 13.4 Å². The van der Waals surface area contributed by atoms with Gasteiger partial charge < -0.3 is 0 Å². The number of hydrogen-bond donors (Lipinski definition) is 0. The molecular weight excluding hydrogens is 790 g/mol. The highest BCUT2D eigenvalue weighted by Gasteiger charge is 2.45. The van der Waals surface area contributed by atoms with Crippen molar-refractivity contribution < 1.29 is 0 Å². The average molecular weight is 827 g/mol. The molecule has 0 spiro atoms. The van der Waals surface area contributed by atoms with E-state index in [4.69, 9.17) is 0 Å². The van der Waals surface area contributed by atoms with Gasteiger partial charge >= 0.3 is 0 Å². The minimum Gasteiger partial charge on any atom is -0.0664 e. The van der Waals surface area contributed by atoms with Crippen LogP contribution in [0.15, 0.2) is 218 Å². The highest BCUT2D eigenvalue weighted by Crippen LogP contribution is 2.51. The highest BCUT2D eigenvalue weighted by molar-refractivity contribution is 7.03. The van der Waals surface area contributed by atoms with E-state index >= 15 is 0 Å². The molecule has 0 bridgehead atoms. The van der Waals surface area contributed by atoms with Gasteiger partial charge in [-0.2, -0.15) is 0 Å². The topological polar surface area (TPSA) is 0 Å². The van der Waals surface area contributed by atoms with Crippen LogP contribution in [-0.2, 0) is 0 Å². The van der Waals surface area contributed by atoms with Crippen LogP contribution >= 0.6 is 0 Å². The standard InChI is InChI=1S/C64H36B2/c1-5-17-37(18-6-1)41-29-51-43-25-13-15-27-55(43)65-57-35-50-46(40-23-11-4-12-24-40)34-48-54-32-42(38-19-7-2-8-20-38)30-52-44-26-14-16-28-56(44)66(64(52)54)58-36-49-45(39-21-9-3-10-22-39)33-47(53(31-41)63(51)65)59(57)61(49)62(50)60(48)58/h1-36H. The zero-order valence-corrected chi connectivity index (χ0v) is 35.9. The van der Waals surface area contributed by atoms with Gasteiger partial charge in [-0.1, -0.05) is 215 Å². The van der Waals surface area contributed by atoms with Gasteiger partial charge in [-0.15, -0.1) is 0 Å². The van der Waals surface area contributed by atoms with Crippen molar-refractivity contribution in [1.29, 1.82) is 0 Å². The summed E-state index contributed by atoms with van der Waals surface area (Å²) < 4.78 is 0. The van der Waals surface area contributed by atoms with Gasteiger partial charge in [0.1, 0.15) is 0 Å². The zero-order valence-electron chi connectivity index (χ0n) is 35.9. The molecule has 0 nitrogen and oxygen atoms in total. The monoisotopic (exact) mass is 826 g/mol. The Kier molecular flexibility index (Phi) is 6.80. The van der Waals surface area contributed by atoms with E-state index in [1.807, 2.05) is 0 Å². The first-order valence-electron chi connectivity index (χ1n) is 23.4. The molecule has 2 heteroatoms. The molecule has 0 unspecified atom stereocenters. The summed E-state index contributed by atoms with van der Waals surface area (Å²) in [6.07, 6.45) is 0. The molecule has 0 fully saturated rings. The largest absolute Gasteiger partial charge is 0.244 e. The maximum Gasteiger partial charge on any atom is 0.244 e. The van der Waals surface area contributed by atoms with Crippen molar-refractivity contribution in [2.24, 2.45) is 0 Å². The van der Waals surface area contributed by atoms with Crippen LogP contribution in [0.4, 0.5) is 0 Å². The zero-order chi connectivity index (χ0) is 42.8. The molecule has 4 aliphatic heterocycles. The van der Waals surface area contributed by atoms with E-state index in [-0.39, 0.29) is 13.4 Å². The SMILES string of the molecule is c1ccc(-c2cc3c4c(c2)-c2cc(-c5ccccc5)c5cc6c7c(cc(-c8ccccc8)c8cc(c2c5c87)B4c2ccccc2-3)-c2cc(-c3ccccc3)cc3c2B6c2ccccc2-3)cc1. The fraction of sp³-hybridized carbons (Fsp3) is 0. The molecule has 4 aliphatic rings. The summed E-state index contributed by atoms with van der Waals surface area (Å²) in [5.41, 5.74) is 29.5. The van der Waals surface area contributed by atoms with Gasteiger partial charge in [0.2, 0.25) is 13.4 Å². The minimum atomic E-state index is 0.117. The molecule has 0 N–H and O–H groups in total. The Morgan fingerprint density at radius 3 is 0.924 bits per heavy atom. The fourth-order valence-electron chi connectivity index (χ4n) is 13.2. The number of rotatable bonds is 4. The van der Waals surface area contributed by atoms with Crippen molar-refractivity contribution >= 4 is 78.5 Å². The summed E-state index contributed by atoms with van der Waals surface area (Å²) in [4.78, 5) is 0. The lowest BCUT2D eigenvalue weighted by molar-refractivity contribution is 1.61. The van der Waals surface area contributed by atoms with Crippen molar-refractivity contribution in [1.82, 2.24) is 0 Å². The molecule has 12 aromatic carbocycles. The van der Waals surface area contributed by atoms with Gasteiger partial charge in [0.25, 0.3) is 0 Å². The van der Waals surface area contributed by atoms with Crippen molar-refractivity contribution in [3.8, 4) is 89.0 Å². The van der Waals surface area contributed by atoms with E-state index < -0.39 is 0 Å². The van der Waals surface area contributed by atoms with Crippen molar-refractivity contribution in [2.45, 2.75) is 0 Å². The van der Waals surface area contributed by atoms with Crippen molar-refractivity contribution in [3.05, 3.63) is 218 Å². The van der Waals surface area contributed by atoms with Crippen LogP contribution in [0.5, 0.6) is 0 Å². The van der Waals surface area contributed by atoms with Gasteiger partial charge in [-0.25, -0.2) is 0 Å². The van der Waals surface area contributed by atoms with Gasteiger partial charge in [-0.05, 0) is 158 Å². The number of fused-ring (bicyclic) bond motifs is 10. The van der Waals surface area contributed by atoms with Crippen LogP contribution in [0.3, 0.4) is 0 Å². The van der Waals surface area contributed by atoms with Gasteiger partial charge in [0.05, 0.1) is 0 Å². The second-order valence-electron chi connectivity index (χ2n) is 18.9. The molecule has 298 valence electrons. The third kappa shape index (κ3) is 4.46. The first-order valence-corrected chi connectivity index (χ1v) is 23.4. The van der Waals surface area contributed by atoms with Crippen molar-refractivity contribution in [3.63, 3.8) is 0 Å². The maximum atomic E-state index is 2.65. The first-order chi connectivity index (χ1) is 32.8. The van der Waals surface area contributed by atoms with Crippen LogP contribution in [0.2, 0.25) is 0 Å². The summed E-state index contributed by atoms with van der Waals surface area (Å²) in [6, 6.07) is 83.3. The second kappa shape index (κ2) is 12.7.